The van der Waals surface area contributed by atoms with Crippen LogP contribution in [0.2, 0.25) is 0 Å². The van der Waals surface area contributed by atoms with Crippen LogP contribution in [0.4, 0.5) is 0 Å². The number of furan rings is 1. The van der Waals surface area contributed by atoms with Crippen LogP contribution in [-0.2, 0) is 17.8 Å². The highest BCUT2D eigenvalue weighted by atomic mass is 16.5. The number of carbonyl (C=O) groups is 2. The second kappa shape index (κ2) is 10.1. The highest BCUT2D eigenvalue weighted by Crippen LogP contribution is 2.22. The number of aryl methyl sites for hydroxylation is 1. The number of hydrogen-bond acceptors (Lipinski definition) is 7. The minimum Gasteiger partial charge on any atom is -0.459 e. The van der Waals surface area contributed by atoms with Crippen molar-refractivity contribution in [3.05, 3.63) is 35.9 Å². The molecule has 9 nitrogen and oxygen atoms in total. The standard InChI is InChI=1S/C22H31N5O4/c1-25(17-6-3-2-4-7-17)21(28)10-9-20-23-19(24-31-20)16-26-11-13-27(14-12-26)22(29)18-8-5-15-30-18/h5,8,15,17H,2-4,6-7,9-14,16H2,1H3. The van der Waals surface area contributed by atoms with Crippen molar-refractivity contribution in [3.8, 4) is 0 Å². The Morgan fingerprint density at radius 1 is 1.16 bits per heavy atom. The molecule has 9 heteroatoms. The van der Waals surface area contributed by atoms with Crippen LogP contribution in [-0.4, -0.2) is 75.9 Å². The van der Waals surface area contributed by atoms with E-state index in [-0.39, 0.29) is 11.8 Å². The van der Waals surface area contributed by atoms with E-state index in [1.165, 1.54) is 25.5 Å². The molecule has 1 aliphatic heterocycles. The van der Waals surface area contributed by atoms with Gasteiger partial charge < -0.3 is 18.7 Å². The Morgan fingerprint density at radius 3 is 2.65 bits per heavy atom. The average molecular weight is 430 g/mol. The molecule has 31 heavy (non-hydrogen) atoms. The van der Waals surface area contributed by atoms with Gasteiger partial charge in [0, 0.05) is 52.1 Å². The van der Waals surface area contributed by atoms with E-state index in [9.17, 15) is 9.59 Å². The van der Waals surface area contributed by atoms with Gasteiger partial charge >= 0.3 is 0 Å². The van der Waals surface area contributed by atoms with Gasteiger partial charge in [-0.3, -0.25) is 14.5 Å². The first kappa shape index (κ1) is 21.5. The lowest BCUT2D eigenvalue weighted by Gasteiger charge is -2.33. The lowest BCUT2D eigenvalue weighted by Crippen LogP contribution is -2.48. The number of carbonyl (C=O) groups excluding carboxylic acids is 2. The van der Waals surface area contributed by atoms with Crippen molar-refractivity contribution in [3.63, 3.8) is 0 Å². The van der Waals surface area contributed by atoms with Crippen molar-refractivity contribution < 1.29 is 18.5 Å². The number of hydrogen-bond donors (Lipinski definition) is 0. The molecule has 0 N–H and O–H groups in total. The Kier molecular flexibility index (Phi) is 7.01. The highest BCUT2D eigenvalue weighted by molar-refractivity contribution is 5.91. The summed E-state index contributed by atoms with van der Waals surface area (Å²) in [5.41, 5.74) is 0. The minimum absolute atomic E-state index is 0.0747. The first-order chi connectivity index (χ1) is 15.1. The van der Waals surface area contributed by atoms with E-state index in [1.807, 2.05) is 11.9 Å². The van der Waals surface area contributed by atoms with E-state index < -0.39 is 0 Å². The second-order valence-corrected chi connectivity index (χ2v) is 8.45. The fourth-order valence-electron chi connectivity index (χ4n) is 4.38. The smallest absolute Gasteiger partial charge is 0.289 e. The summed E-state index contributed by atoms with van der Waals surface area (Å²) in [6, 6.07) is 3.78. The molecule has 4 rings (SSSR count). The van der Waals surface area contributed by atoms with Gasteiger partial charge in [-0.15, -0.1) is 0 Å². The number of piperazine rings is 1. The van der Waals surface area contributed by atoms with Gasteiger partial charge in [0.1, 0.15) is 0 Å². The van der Waals surface area contributed by atoms with E-state index in [2.05, 4.69) is 15.0 Å². The van der Waals surface area contributed by atoms with Gasteiger partial charge in [0.05, 0.1) is 12.8 Å². The Labute approximate surface area is 182 Å². The molecule has 2 aromatic rings. The normalized spacial score (nSPS) is 18.3. The molecule has 2 amide bonds. The molecule has 0 aromatic carbocycles. The first-order valence-corrected chi connectivity index (χ1v) is 11.2. The molecule has 0 radical (unpaired) electrons. The molecule has 1 saturated heterocycles. The maximum Gasteiger partial charge on any atom is 0.289 e. The molecule has 0 spiro atoms. The van der Waals surface area contributed by atoms with Crippen LogP contribution in [0.25, 0.3) is 0 Å². The quantitative estimate of drug-likeness (QED) is 0.666. The molecule has 0 bridgehead atoms. The summed E-state index contributed by atoms with van der Waals surface area (Å²) < 4.78 is 10.6. The molecular weight excluding hydrogens is 398 g/mol. The summed E-state index contributed by atoms with van der Waals surface area (Å²) in [6.45, 7) is 3.31. The molecule has 2 aliphatic rings. The SMILES string of the molecule is CN(C(=O)CCc1nc(CN2CCN(C(=O)c3ccco3)CC2)no1)C1CCCCC1. The molecule has 1 aliphatic carbocycles. The van der Waals surface area contributed by atoms with Gasteiger partial charge in [0.25, 0.3) is 5.91 Å². The Hall–Kier alpha value is -2.68. The van der Waals surface area contributed by atoms with E-state index in [1.54, 1.807) is 17.0 Å². The van der Waals surface area contributed by atoms with Crippen LogP contribution in [0.15, 0.2) is 27.3 Å². The Morgan fingerprint density at radius 2 is 1.94 bits per heavy atom. The van der Waals surface area contributed by atoms with Crippen LogP contribution in [0.5, 0.6) is 0 Å². The highest BCUT2D eigenvalue weighted by Gasteiger charge is 2.25. The summed E-state index contributed by atoms with van der Waals surface area (Å²) in [5.74, 6) is 1.57. The predicted octanol–water partition coefficient (Wildman–Crippen LogP) is 2.34. The van der Waals surface area contributed by atoms with E-state index >= 15 is 0 Å². The third-order valence-electron chi connectivity index (χ3n) is 6.34. The van der Waals surface area contributed by atoms with Gasteiger partial charge in [-0.25, -0.2) is 0 Å². The molecule has 168 valence electrons. The molecule has 2 aromatic heterocycles. The number of nitrogens with zero attached hydrogens (tertiary/aromatic N) is 5. The number of rotatable bonds is 7. The van der Waals surface area contributed by atoms with Crippen LogP contribution < -0.4 is 0 Å². The van der Waals surface area contributed by atoms with Crippen molar-refractivity contribution >= 4 is 11.8 Å². The second-order valence-electron chi connectivity index (χ2n) is 8.45. The summed E-state index contributed by atoms with van der Waals surface area (Å²) in [6.07, 6.45) is 8.27. The zero-order valence-corrected chi connectivity index (χ0v) is 18.2. The number of aromatic nitrogens is 2. The largest absolute Gasteiger partial charge is 0.459 e. The Bertz CT molecular complexity index is 851. The van der Waals surface area contributed by atoms with E-state index in [4.69, 9.17) is 8.94 Å². The van der Waals surface area contributed by atoms with Crippen LogP contribution in [0.1, 0.15) is 60.8 Å². The van der Waals surface area contributed by atoms with E-state index in [0.29, 0.717) is 56.0 Å². The van der Waals surface area contributed by atoms with Gasteiger partial charge in [-0.05, 0) is 25.0 Å². The molecule has 0 unspecified atom stereocenters. The molecule has 1 saturated carbocycles. The number of amides is 2. The fourth-order valence-corrected chi connectivity index (χ4v) is 4.38. The van der Waals surface area contributed by atoms with Crippen LogP contribution in [0, 0.1) is 0 Å². The van der Waals surface area contributed by atoms with Crippen molar-refractivity contribution in [2.24, 2.45) is 0 Å². The first-order valence-electron chi connectivity index (χ1n) is 11.2. The molecule has 2 fully saturated rings. The van der Waals surface area contributed by atoms with Crippen LogP contribution >= 0.6 is 0 Å². The van der Waals surface area contributed by atoms with Crippen molar-refractivity contribution in [1.82, 2.24) is 24.8 Å². The maximum absolute atomic E-state index is 12.5. The molecule has 0 atom stereocenters. The van der Waals surface area contributed by atoms with Crippen LogP contribution in [0.3, 0.4) is 0 Å². The maximum atomic E-state index is 12.5. The fraction of sp³-hybridized carbons (Fsp3) is 0.636. The summed E-state index contributed by atoms with van der Waals surface area (Å²) in [5, 5.41) is 4.07. The van der Waals surface area contributed by atoms with Crippen molar-refractivity contribution in [1.29, 1.82) is 0 Å². The monoisotopic (exact) mass is 429 g/mol. The third-order valence-corrected chi connectivity index (χ3v) is 6.34. The minimum atomic E-state index is -0.0747. The van der Waals surface area contributed by atoms with Gasteiger partial charge in [0.15, 0.2) is 11.6 Å². The van der Waals surface area contributed by atoms with Crippen molar-refractivity contribution in [2.45, 2.75) is 57.5 Å². The molecular formula is C22H31N5O4. The van der Waals surface area contributed by atoms with Gasteiger partial charge in [0.2, 0.25) is 11.8 Å². The van der Waals surface area contributed by atoms with E-state index in [0.717, 1.165) is 25.9 Å². The topological polar surface area (TPSA) is 95.9 Å². The summed E-state index contributed by atoms with van der Waals surface area (Å²) >= 11 is 0. The lowest BCUT2D eigenvalue weighted by molar-refractivity contribution is -0.132. The Balaban J connectivity index is 1.20. The summed E-state index contributed by atoms with van der Waals surface area (Å²) in [4.78, 5) is 35.2. The van der Waals surface area contributed by atoms with Crippen molar-refractivity contribution in [2.75, 3.05) is 33.2 Å². The van der Waals surface area contributed by atoms with Gasteiger partial charge in [-0.2, -0.15) is 4.98 Å². The zero-order valence-electron chi connectivity index (χ0n) is 18.2. The third kappa shape index (κ3) is 5.52. The predicted molar refractivity (Wildman–Crippen MR) is 112 cm³/mol. The average Bonchev–Trinajstić information content (AvgIpc) is 3.50. The zero-order chi connectivity index (χ0) is 21.6. The molecule has 3 heterocycles. The summed E-state index contributed by atoms with van der Waals surface area (Å²) in [7, 11) is 1.91. The lowest BCUT2D eigenvalue weighted by atomic mass is 9.94. The van der Waals surface area contributed by atoms with Gasteiger partial charge in [-0.1, -0.05) is 24.4 Å².